The first kappa shape index (κ1) is 15.7. The SMILES string of the molecule is CC(NCC1CN(C)CCN1C)c1ccc(Cl)c(F)c1. The molecule has 112 valence electrons. The second-order valence-corrected chi connectivity index (χ2v) is 6.11. The maximum Gasteiger partial charge on any atom is 0.142 e. The van der Waals surface area contributed by atoms with E-state index in [1.165, 1.54) is 6.07 Å². The first-order chi connectivity index (χ1) is 9.47. The van der Waals surface area contributed by atoms with E-state index in [0.717, 1.165) is 31.7 Å². The van der Waals surface area contributed by atoms with Crippen LogP contribution in [-0.4, -0.2) is 56.1 Å². The fourth-order valence-corrected chi connectivity index (χ4v) is 2.65. The molecular formula is C15H23ClFN3. The number of halogens is 2. The summed E-state index contributed by atoms with van der Waals surface area (Å²) < 4.78 is 13.5. The van der Waals surface area contributed by atoms with E-state index in [0.29, 0.717) is 6.04 Å². The van der Waals surface area contributed by atoms with Crippen molar-refractivity contribution in [2.24, 2.45) is 0 Å². The first-order valence-corrected chi connectivity index (χ1v) is 7.42. The highest BCUT2D eigenvalue weighted by Crippen LogP contribution is 2.20. The quantitative estimate of drug-likeness (QED) is 0.921. The van der Waals surface area contributed by atoms with Gasteiger partial charge in [0.25, 0.3) is 0 Å². The molecule has 20 heavy (non-hydrogen) atoms. The molecule has 2 atom stereocenters. The van der Waals surface area contributed by atoms with Crippen LogP contribution in [-0.2, 0) is 0 Å². The summed E-state index contributed by atoms with van der Waals surface area (Å²) in [6, 6.07) is 5.61. The first-order valence-electron chi connectivity index (χ1n) is 7.04. The van der Waals surface area contributed by atoms with Gasteiger partial charge in [-0.3, -0.25) is 4.90 Å². The zero-order valence-electron chi connectivity index (χ0n) is 12.4. The van der Waals surface area contributed by atoms with Gasteiger partial charge in [-0.25, -0.2) is 4.39 Å². The van der Waals surface area contributed by atoms with Gasteiger partial charge in [-0.15, -0.1) is 0 Å². The van der Waals surface area contributed by atoms with Gasteiger partial charge in [-0.2, -0.15) is 0 Å². The molecule has 1 fully saturated rings. The molecule has 1 aromatic carbocycles. The van der Waals surface area contributed by atoms with Gasteiger partial charge < -0.3 is 10.2 Å². The van der Waals surface area contributed by atoms with Crippen LogP contribution >= 0.6 is 11.6 Å². The van der Waals surface area contributed by atoms with Gasteiger partial charge in [0.05, 0.1) is 5.02 Å². The van der Waals surface area contributed by atoms with E-state index in [9.17, 15) is 4.39 Å². The molecule has 0 bridgehead atoms. The van der Waals surface area contributed by atoms with Crippen LogP contribution in [0.4, 0.5) is 4.39 Å². The van der Waals surface area contributed by atoms with E-state index in [2.05, 4.69) is 36.1 Å². The van der Waals surface area contributed by atoms with E-state index in [1.54, 1.807) is 6.07 Å². The number of piperazine rings is 1. The summed E-state index contributed by atoms with van der Waals surface area (Å²) in [6.07, 6.45) is 0. The molecule has 2 rings (SSSR count). The van der Waals surface area contributed by atoms with Crippen molar-refractivity contribution < 1.29 is 4.39 Å². The summed E-state index contributed by atoms with van der Waals surface area (Å²) in [6.45, 7) is 6.21. The molecule has 0 spiro atoms. The Hall–Kier alpha value is -0.680. The number of likely N-dealkylation sites (N-methyl/N-ethyl adjacent to an activating group) is 2. The molecule has 1 aliphatic rings. The smallest absolute Gasteiger partial charge is 0.142 e. The average molecular weight is 300 g/mol. The Labute approximate surface area is 125 Å². The van der Waals surface area contributed by atoms with Crippen LogP contribution < -0.4 is 5.32 Å². The zero-order chi connectivity index (χ0) is 14.7. The monoisotopic (exact) mass is 299 g/mol. The van der Waals surface area contributed by atoms with E-state index in [1.807, 2.05) is 6.07 Å². The molecule has 0 radical (unpaired) electrons. The van der Waals surface area contributed by atoms with E-state index >= 15 is 0 Å². The molecule has 1 aliphatic heterocycles. The predicted octanol–water partition coefficient (Wildman–Crippen LogP) is 2.38. The van der Waals surface area contributed by atoms with Gasteiger partial charge in [0, 0.05) is 38.3 Å². The molecule has 0 saturated carbocycles. The number of benzene rings is 1. The predicted molar refractivity (Wildman–Crippen MR) is 81.7 cm³/mol. The zero-order valence-corrected chi connectivity index (χ0v) is 13.1. The summed E-state index contributed by atoms with van der Waals surface area (Å²) >= 11 is 5.71. The second kappa shape index (κ2) is 6.85. The molecule has 1 heterocycles. The Morgan fingerprint density at radius 1 is 1.40 bits per heavy atom. The van der Waals surface area contributed by atoms with Gasteiger partial charge in [0.2, 0.25) is 0 Å². The molecule has 1 saturated heterocycles. The van der Waals surface area contributed by atoms with Gasteiger partial charge in [-0.1, -0.05) is 17.7 Å². The number of rotatable bonds is 4. The highest BCUT2D eigenvalue weighted by Gasteiger charge is 2.22. The Kier molecular flexibility index (Phi) is 5.38. The summed E-state index contributed by atoms with van der Waals surface area (Å²) in [5.41, 5.74) is 0.929. The molecule has 0 aliphatic carbocycles. The summed E-state index contributed by atoms with van der Waals surface area (Å²) in [7, 11) is 4.31. The molecule has 5 heteroatoms. The van der Waals surface area contributed by atoms with Crippen molar-refractivity contribution in [3.05, 3.63) is 34.6 Å². The minimum absolute atomic E-state index is 0.113. The number of nitrogens with zero attached hydrogens (tertiary/aromatic N) is 2. The summed E-state index contributed by atoms with van der Waals surface area (Å²) in [5.74, 6) is -0.354. The topological polar surface area (TPSA) is 18.5 Å². The van der Waals surface area contributed by atoms with Gasteiger partial charge in [0.15, 0.2) is 0 Å². The number of nitrogens with one attached hydrogen (secondary N) is 1. The van der Waals surface area contributed by atoms with Gasteiger partial charge in [-0.05, 0) is 38.7 Å². The van der Waals surface area contributed by atoms with Crippen molar-refractivity contribution in [2.45, 2.75) is 19.0 Å². The van der Waals surface area contributed by atoms with Crippen molar-refractivity contribution in [2.75, 3.05) is 40.3 Å². The molecular weight excluding hydrogens is 277 g/mol. The Bertz CT molecular complexity index is 455. The third-order valence-electron chi connectivity index (χ3n) is 4.08. The lowest BCUT2D eigenvalue weighted by Crippen LogP contribution is -2.53. The average Bonchev–Trinajstić information content (AvgIpc) is 2.42. The molecule has 1 N–H and O–H groups in total. The lowest BCUT2D eigenvalue weighted by atomic mass is 10.1. The minimum Gasteiger partial charge on any atom is -0.309 e. The number of hydrogen-bond donors (Lipinski definition) is 1. The largest absolute Gasteiger partial charge is 0.309 e. The second-order valence-electron chi connectivity index (χ2n) is 5.70. The van der Waals surface area contributed by atoms with E-state index in [-0.39, 0.29) is 16.9 Å². The van der Waals surface area contributed by atoms with Crippen molar-refractivity contribution in [3.63, 3.8) is 0 Å². The van der Waals surface area contributed by atoms with Crippen LogP contribution in [0.2, 0.25) is 5.02 Å². The fraction of sp³-hybridized carbons (Fsp3) is 0.600. The maximum atomic E-state index is 13.5. The third-order valence-corrected chi connectivity index (χ3v) is 4.39. The van der Waals surface area contributed by atoms with Crippen molar-refractivity contribution in [1.29, 1.82) is 0 Å². The van der Waals surface area contributed by atoms with Gasteiger partial charge in [0.1, 0.15) is 5.82 Å². The summed E-state index contributed by atoms with van der Waals surface area (Å²) in [5, 5.41) is 3.66. The summed E-state index contributed by atoms with van der Waals surface area (Å²) in [4.78, 5) is 4.72. The highest BCUT2D eigenvalue weighted by molar-refractivity contribution is 6.30. The van der Waals surface area contributed by atoms with E-state index in [4.69, 9.17) is 11.6 Å². The van der Waals surface area contributed by atoms with Crippen molar-refractivity contribution in [1.82, 2.24) is 15.1 Å². The van der Waals surface area contributed by atoms with Crippen LogP contribution in [0.5, 0.6) is 0 Å². The van der Waals surface area contributed by atoms with E-state index < -0.39 is 0 Å². The fourth-order valence-electron chi connectivity index (χ4n) is 2.53. The number of hydrogen-bond acceptors (Lipinski definition) is 3. The lowest BCUT2D eigenvalue weighted by Gasteiger charge is -2.38. The normalized spacial score (nSPS) is 22.9. The molecule has 1 aromatic rings. The molecule has 0 aromatic heterocycles. The Balaban J connectivity index is 1.90. The standard InChI is InChI=1S/C15H23ClFN3/c1-11(12-4-5-14(16)15(17)8-12)18-9-13-10-19(2)6-7-20(13)3/h4-5,8,11,13,18H,6-7,9-10H2,1-3H3. The third kappa shape index (κ3) is 3.92. The van der Waals surface area contributed by atoms with Crippen LogP contribution in [0.3, 0.4) is 0 Å². The Morgan fingerprint density at radius 3 is 2.85 bits per heavy atom. The lowest BCUT2D eigenvalue weighted by molar-refractivity contribution is 0.112. The molecule has 3 nitrogen and oxygen atoms in total. The van der Waals surface area contributed by atoms with Crippen molar-refractivity contribution in [3.8, 4) is 0 Å². The van der Waals surface area contributed by atoms with Crippen LogP contribution in [0, 0.1) is 5.82 Å². The van der Waals surface area contributed by atoms with Gasteiger partial charge >= 0.3 is 0 Å². The molecule has 2 unspecified atom stereocenters. The van der Waals surface area contributed by atoms with Crippen LogP contribution in [0.15, 0.2) is 18.2 Å². The molecule has 0 amide bonds. The Morgan fingerprint density at radius 2 is 2.15 bits per heavy atom. The van der Waals surface area contributed by atoms with Crippen LogP contribution in [0.1, 0.15) is 18.5 Å². The maximum absolute atomic E-state index is 13.5. The highest BCUT2D eigenvalue weighted by atomic mass is 35.5. The minimum atomic E-state index is -0.354. The van der Waals surface area contributed by atoms with Crippen molar-refractivity contribution >= 4 is 11.6 Å². The van der Waals surface area contributed by atoms with Crippen LogP contribution in [0.25, 0.3) is 0 Å².